The number of aliphatic hydroxyl groups is 1. The average molecular weight is 492 g/mol. The smallest absolute Gasteiger partial charge is 0.410 e. The van der Waals surface area contributed by atoms with E-state index in [0.29, 0.717) is 5.56 Å². The quantitative estimate of drug-likeness (QED) is 0.472. The number of hydrogen-bond donors (Lipinski definition) is 1. The van der Waals surface area contributed by atoms with Crippen LogP contribution in [-0.4, -0.2) is 41.4 Å². The lowest BCUT2D eigenvalue weighted by Crippen LogP contribution is -2.52. The van der Waals surface area contributed by atoms with Gasteiger partial charge in [-0.15, -0.1) is 0 Å². The Hall–Kier alpha value is -3.45. The van der Waals surface area contributed by atoms with Crippen LogP contribution in [0.25, 0.3) is 11.1 Å². The van der Waals surface area contributed by atoms with Gasteiger partial charge in [0.25, 0.3) is 0 Å². The van der Waals surface area contributed by atoms with Crippen molar-refractivity contribution in [1.29, 1.82) is 0 Å². The molecule has 186 valence electrons. The van der Waals surface area contributed by atoms with E-state index in [1.165, 1.54) is 17.2 Å². The van der Waals surface area contributed by atoms with Crippen molar-refractivity contribution >= 4 is 6.09 Å². The molecule has 2 atom stereocenters. The zero-order valence-corrected chi connectivity index (χ0v) is 19.6. The van der Waals surface area contributed by atoms with Crippen molar-refractivity contribution in [2.24, 2.45) is 0 Å². The summed E-state index contributed by atoms with van der Waals surface area (Å²) in [4.78, 5) is 15.0. The molecular weight excluding hydrogens is 464 g/mol. The monoisotopic (exact) mass is 491 g/mol. The van der Waals surface area contributed by atoms with E-state index in [1.54, 1.807) is 23.1 Å². The second-order valence-corrected chi connectivity index (χ2v) is 9.91. The number of alkyl halides is 2. The number of rotatable bonds is 5. The van der Waals surface area contributed by atoms with Gasteiger partial charge < -0.3 is 19.5 Å². The Labute approximate surface area is 208 Å². The first kappa shape index (κ1) is 23.0. The first-order valence-electron chi connectivity index (χ1n) is 12.3. The van der Waals surface area contributed by atoms with Crippen LogP contribution >= 0.6 is 0 Å². The van der Waals surface area contributed by atoms with Gasteiger partial charge in [0.2, 0.25) is 0 Å². The molecule has 2 unspecified atom stereocenters. The molecule has 2 saturated heterocycles. The molecule has 6 rings (SSSR count). The minimum atomic E-state index is -2.98. The van der Waals surface area contributed by atoms with Crippen molar-refractivity contribution < 1.29 is 28.2 Å². The van der Waals surface area contributed by atoms with Crippen LogP contribution in [-0.2, 0) is 10.3 Å². The predicted octanol–water partition coefficient (Wildman–Crippen LogP) is 6.05. The lowest BCUT2D eigenvalue weighted by Gasteiger charge is -2.43. The van der Waals surface area contributed by atoms with Crippen molar-refractivity contribution in [3.05, 3.63) is 89.5 Å². The van der Waals surface area contributed by atoms with Crippen LogP contribution in [0.15, 0.2) is 72.8 Å². The Kier molecular flexibility index (Phi) is 5.67. The second-order valence-electron chi connectivity index (χ2n) is 9.91. The molecule has 1 N–H and O–H groups in total. The van der Waals surface area contributed by atoms with Crippen LogP contribution in [0.1, 0.15) is 48.3 Å². The van der Waals surface area contributed by atoms with Gasteiger partial charge in [0, 0.05) is 36.4 Å². The molecule has 7 heteroatoms. The number of ether oxygens (including phenoxy) is 2. The largest absolute Gasteiger partial charge is 0.448 e. The summed E-state index contributed by atoms with van der Waals surface area (Å²) in [5.41, 5.74) is 3.63. The van der Waals surface area contributed by atoms with Gasteiger partial charge in [-0.05, 0) is 41.2 Å². The fourth-order valence-electron chi connectivity index (χ4n) is 6.46. The first-order chi connectivity index (χ1) is 17.4. The summed E-state index contributed by atoms with van der Waals surface area (Å²) in [6.45, 7) is -2.75. The molecule has 2 fully saturated rings. The molecule has 2 aliphatic heterocycles. The summed E-state index contributed by atoms with van der Waals surface area (Å²) in [7, 11) is 0. The molecule has 0 saturated carbocycles. The van der Waals surface area contributed by atoms with Crippen LogP contribution in [0.5, 0.6) is 5.75 Å². The fourth-order valence-corrected chi connectivity index (χ4v) is 6.46. The van der Waals surface area contributed by atoms with Gasteiger partial charge in [-0.25, -0.2) is 4.79 Å². The van der Waals surface area contributed by atoms with Gasteiger partial charge >= 0.3 is 12.7 Å². The number of halogens is 2. The molecule has 3 aliphatic rings. The van der Waals surface area contributed by atoms with Crippen LogP contribution in [0.4, 0.5) is 13.6 Å². The van der Waals surface area contributed by atoms with Crippen LogP contribution in [0.2, 0.25) is 0 Å². The third-order valence-electron chi connectivity index (χ3n) is 7.92. The number of para-hydroxylation sites is 1. The molecule has 36 heavy (non-hydrogen) atoms. The minimum absolute atomic E-state index is 0.0241. The highest BCUT2D eigenvalue weighted by Gasteiger charge is 2.51. The molecule has 0 spiro atoms. The number of piperidine rings is 1. The van der Waals surface area contributed by atoms with Gasteiger partial charge in [-0.1, -0.05) is 66.7 Å². The molecule has 1 aliphatic carbocycles. The molecule has 2 heterocycles. The Bertz CT molecular complexity index is 1240. The van der Waals surface area contributed by atoms with E-state index in [0.717, 1.165) is 24.0 Å². The Morgan fingerprint density at radius 1 is 0.917 bits per heavy atom. The molecule has 0 radical (unpaired) electrons. The topological polar surface area (TPSA) is 59.0 Å². The number of carbonyl (C=O) groups is 1. The zero-order chi connectivity index (χ0) is 24.9. The maximum absolute atomic E-state index is 13.3. The van der Waals surface area contributed by atoms with E-state index in [9.17, 15) is 18.7 Å². The number of hydrogen-bond acceptors (Lipinski definition) is 4. The van der Waals surface area contributed by atoms with Gasteiger partial charge in [0.05, 0.1) is 5.60 Å². The third kappa shape index (κ3) is 3.82. The lowest BCUT2D eigenvalue weighted by atomic mass is 9.80. The molecule has 1 amide bonds. The van der Waals surface area contributed by atoms with Crippen molar-refractivity contribution in [2.45, 2.75) is 55.9 Å². The summed E-state index contributed by atoms with van der Waals surface area (Å²) in [6.07, 6.45) is 1.57. The third-order valence-corrected chi connectivity index (χ3v) is 7.92. The highest BCUT2D eigenvalue weighted by Crippen LogP contribution is 2.49. The molecule has 3 aromatic carbocycles. The van der Waals surface area contributed by atoms with Crippen LogP contribution < -0.4 is 4.74 Å². The summed E-state index contributed by atoms with van der Waals surface area (Å²) in [5.74, 6) is -0.0527. The van der Waals surface area contributed by atoms with Crippen molar-refractivity contribution in [1.82, 2.24) is 4.90 Å². The average Bonchev–Trinajstić information content (AvgIpc) is 3.34. The SMILES string of the molecule is O=C(OCC1c2ccccc2-c2ccccc21)N1C2CCC1CC(O)(c1ccccc1OC(F)F)C2. The van der Waals surface area contributed by atoms with Crippen molar-refractivity contribution in [3.8, 4) is 16.9 Å². The molecule has 3 aromatic rings. The highest BCUT2D eigenvalue weighted by molar-refractivity contribution is 5.79. The first-order valence-corrected chi connectivity index (χ1v) is 12.3. The maximum atomic E-state index is 13.3. The number of carbonyl (C=O) groups excluding carboxylic acids is 1. The Balaban J connectivity index is 1.19. The Morgan fingerprint density at radius 3 is 2.08 bits per heavy atom. The van der Waals surface area contributed by atoms with E-state index < -0.39 is 12.2 Å². The maximum Gasteiger partial charge on any atom is 0.410 e. The number of nitrogens with zero attached hydrogens (tertiary/aromatic N) is 1. The second kappa shape index (κ2) is 8.89. The van der Waals surface area contributed by atoms with Crippen LogP contribution in [0, 0.1) is 0 Å². The molecule has 5 nitrogen and oxygen atoms in total. The van der Waals surface area contributed by atoms with Crippen LogP contribution in [0.3, 0.4) is 0 Å². The van der Waals surface area contributed by atoms with E-state index in [1.807, 2.05) is 24.3 Å². The van der Waals surface area contributed by atoms with E-state index in [4.69, 9.17) is 4.74 Å². The van der Waals surface area contributed by atoms with Crippen molar-refractivity contribution in [3.63, 3.8) is 0 Å². The molecule has 2 bridgehead atoms. The number of amides is 1. The summed E-state index contributed by atoms with van der Waals surface area (Å²) < 4.78 is 36.5. The fraction of sp³-hybridized carbons (Fsp3) is 0.345. The zero-order valence-electron chi connectivity index (χ0n) is 19.6. The normalized spacial score (nSPS) is 24.5. The van der Waals surface area contributed by atoms with Gasteiger partial charge in [-0.3, -0.25) is 0 Å². The van der Waals surface area contributed by atoms with Gasteiger partial charge in [0.1, 0.15) is 12.4 Å². The van der Waals surface area contributed by atoms with Gasteiger partial charge in [0.15, 0.2) is 0 Å². The summed E-state index contributed by atoms with van der Waals surface area (Å²) in [5, 5.41) is 11.5. The summed E-state index contributed by atoms with van der Waals surface area (Å²) in [6, 6.07) is 22.3. The van der Waals surface area contributed by atoms with E-state index in [-0.39, 0.29) is 49.3 Å². The standard InChI is InChI=1S/C29H27F2NO4/c30-27(31)36-26-12-6-5-11-25(26)29(34)15-18-13-14-19(16-29)32(18)28(33)35-17-24-22-9-3-1-7-20(22)21-8-2-4-10-23(21)24/h1-12,18-19,24,27,34H,13-17H2. The predicted molar refractivity (Wildman–Crippen MR) is 130 cm³/mol. The van der Waals surface area contributed by atoms with E-state index in [2.05, 4.69) is 29.0 Å². The van der Waals surface area contributed by atoms with Crippen molar-refractivity contribution in [2.75, 3.05) is 6.61 Å². The number of benzene rings is 3. The summed E-state index contributed by atoms with van der Waals surface area (Å²) >= 11 is 0. The highest BCUT2D eigenvalue weighted by atomic mass is 19.3. The van der Waals surface area contributed by atoms with Gasteiger partial charge in [-0.2, -0.15) is 8.78 Å². The minimum Gasteiger partial charge on any atom is -0.448 e. The number of fused-ring (bicyclic) bond motifs is 5. The molecular formula is C29H27F2NO4. The van der Waals surface area contributed by atoms with E-state index >= 15 is 0 Å². The molecule has 0 aromatic heterocycles. The Morgan fingerprint density at radius 2 is 1.47 bits per heavy atom. The lowest BCUT2D eigenvalue weighted by molar-refractivity contribution is -0.0689.